The first kappa shape index (κ1) is 20.0. The van der Waals surface area contributed by atoms with Crippen LogP contribution in [-0.2, 0) is 0 Å². The van der Waals surface area contributed by atoms with E-state index in [-0.39, 0.29) is 0 Å². The Bertz CT molecular complexity index is 1160. The van der Waals surface area contributed by atoms with Crippen molar-refractivity contribution < 1.29 is 0 Å². The fourth-order valence-electron chi connectivity index (χ4n) is 4.48. The van der Waals surface area contributed by atoms with Crippen molar-refractivity contribution in [1.29, 1.82) is 0 Å². The van der Waals surface area contributed by atoms with Gasteiger partial charge in [-0.25, -0.2) is 0 Å². The molecule has 0 aliphatic heterocycles. The van der Waals surface area contributed by atoms with E-state index in [4.69, 9.17) is 0 Å². The second-order valence-electron chi connectivity index (χ2n) is 8.05. The lowest BCUT2D eigenvalue weighted by molar-refractivity contribution is 0.443. The first-order chi connectivity index (χ1) is 14.8. The summed E-state index contributed by atoms with van der Waals surface area (Å²) in [4.78, 5) is 4.16. The van der Waals surface area contributed by atoms with Crippen LogP contribution in [0.25, 0.3) is 27.1 Å². The monoisotopic (exact) mass is 390 g/mol. The molecule has 0 amide bonds. The minimum atomic E-state index is 0.656. The molecule has 0 spiro atoms. The van der Waals surface area contributed by atoms with E-state index in [2.05, 4.69) is 89.5 Å². The fourth-order valence-corrected chi connectivity index (χ4v) is 4.48. The molecule has 1 heteroatoms. The van der Waals surface area contributed by atoms with Gasteiger partial charge in [0.25, 0.3) is 7.05 Å². The van der Waals surface area contributed by atoms with Crippen molar-refractivity contribution in [2.24, 2.45) is 0 Å². The Kier molecular flexibility index (Phi) is 6.32. The number of benzene rings is 3. The van der Waals surface area contributed by atoms with Crippen LogP contribution in [0.2, 0.25) is 0 Å². The van der Waals surface area contributed by atoms with Gasteiger partial charge in [0.2, 0.25) is 0 Å². The van der Waals surface area contributed by atoms with E-state index in [9.17, 15) is 0 Å². The number of hydrogen-bond donors (Lipinski definition) is 0. The maximum Gasteiger partial charge on any atom is 0.310 e. The lowest BCUT2D eigenvalue weighted by Gasteiger charge is -2.22. The molecule has 4 rings (SSSR count). The molecule has 0 unspecified atom stereocenters. The van der Waals surface area contributed by atoms with Gasteiger partial charge >= 0.3 is 6.07 Å². The van der Waals surface area contributed by atoms with E-state index >= 15 is 0 Å². The summed E-state index contributed by atoms with van der Waals surface area (Å²) < 4.78 is 0. The van der Waals surface area contributed by atoms with E-state index in [1.165, 1.54) is 59.9 Å². The van der Waals surface area contributed by atoms with Gasteiger partial charge in [-0.2, -0.15) is 0 Å². The summed E-state index contributed by atoms with van der Waals surface area (Å²) in [6, 6.07) is 27.3. The molecule has 3 aromatic carbocycles. The van der Waals surface area contributed by atoms with Crippen molar-refractivity contribution in [3.63, 3.8) is 0 Å². The van der Waals surface area contributed by atoms with Crippen LogP contribution in [0.4, 0.5) is 0 Å². The Hall–Kier alpha value is -3.29. The van der Waals surface area contributed by atoms with Gasteiger partial charge < -0.3 is 0 Å². The smallest absolute Gasteiger partial charge is 0.101 e. The van der Waals surface area contributed by atoms with Gasteiger partial charge in [0.15, 0.2) is 0 Å². The van der Waals surface area contributed by atoms with Crippen molar-refractivity contribution in [2.45, 2.75) is 44.9 Å². The molecule has 1 nitrogen and oxygen atoms in total. The summed E-state index contributed by atoms with van der Waals surface area (Å²) in [6.07, 6.45) is 6.62. The molecule has 3 aromatic rings. The molecule has 30 heavy (non-hydrogen) atoms. The quantitative estimate of drug-likeness (QED) is 0.403. The van der Waals surface area contributed by atoms with Crippen molar-refractivity contribution in [2.75, 3.05) is 7.05 Å². The number of hydrogen-bond acceptors (Lipinski definition) is 0. The molecule has 148 valence electrons. The minimum Gasteiger partial charge on any atom is -0.101 e. The topological polar surface area (TPSA) is 4.36 Å². The highest BCUT2D eigenvalue weighted by atomic mass is 14.6. The fraction of sp³-hybridized carbons (Fsp3) is 0.276. The van der Waals surface area contributed by atoms with Crippen LogP contribution in [0.5, 0.6) is 0 Å². The molecular weight excluding hydrogens is 362 g/mol. The molecule has 1 aliphatic carbocycles. The van der Waals surface area contributed by atoms with E-state index < -0.39 is 0 Å². The standard InChI is InChI=1S/C29H28N/c1-3-9-22-10-7-13-25(16-22)26-14-8-15-27(19-26)29-18-23(21-30-2)17-28(20-29)24-11-5-4-6-12-24/h7-8,10,13-20,24H,4-6,11-12H2,1-2H3/q+1. The normalized spacial score (nSPS) is 13.7. The largest absolute Gasteiger partial charge is 0.310 e. The van der Waals surface area contributed by atoms with Crippen LogP contribution in [0, 0.1) is 17.9 Å². The van der Waals surface area contributed by atoms with Gasteiger partial charge in [0.1, 0.15) is 5.56 Å². The molecule has 0 aromatic heterocycles. The summed E-state index contributed by atoms with van der Waals surface area (Å²) >= 11 is 0. The van der Waals surface area contributed by atoms with Gasteiger partial charge in [-0.3, -0.25) is 0 Å². The van der Waals surface area contributed by atoms with Crippen LogP contribution in [0.15, 0.2) is 66.7 Å². The van der Waals surface area contributed by atoms with Crippen molar-refractivity contribution in [3.05, 3.63) is 88.3 Å². The third kappa shape index (κ3) is 4.64. The van der Waals surface area contributed by atoms with Gasteiger partial charge in [-0.1, -0.05) is 66.4 Å². The van der Waals surface area contributed by atoms with E-state index in [1.54, 1.807) is 7.05 Å². The maximum atomic E-state index is 4.16. The Morgan fingerprint density at radius 1 is 0.733 bits per heavy atom. The minimum absolute atomic E-state index is 0.656. The van der Waals surface area contributed by atoms with Gasteiger partial charge in [0.05, 0.1) is 0 Å². The molecule has 0 N–H and O–H groups in total. The lowest BCUT2D eigenvalue weighted by Crippen LogP contribution is -2.05. The highest BCUT2D eigenvalue weighted by Gasteiger charge is 2.17. The molecule has 0 bridgehead atoms. The zero-order valence-electron chi connectivity index (χ0n) is 17.9. The highest BCUT2D eigenvalue weighted by molar-refractivity contribution is 5.75. The SMILES string of the molecule is CC#Cc1cccc(-c2cccc(-c3cc(C#[N+]C)cc(C4CCCCC4)c3)c2)c1. The van der Waals surface area contributed by atoms with Crippen LogP contribution in [0.3, 0.4) is 0 Å². The predicted molar refractivity (Wildman–Crippen MR) is 128 cm³/mol. The number of rotatable bonds is 3. The lowest BCUT2D eigenvalue weighted by atomic mass is 9.82. The third-order valence-electron chi connectivity index (χ3n) is 5.93. The maximum absolute atomic E-state index is 4.16. The Morgan fingerprint density at radius 2 is 1.40 bits per heavy atom. The van der Waals surface area contributed by atoms with Gasteiger partial charge in [-0.15, -0.1) is 5.92 Å². The van der Waals surface area contributed by atoms with Gasteiger partial charge in [0, 0.05) is 5.56 Å². The predicted octanol–water partition coefficient (Wildman–Crippen LogP) is 7.75. The summed E-state index contributed by atoms with van der Waals surface area (Å²) in [5.41, 5.74) is 8.44. The molecule has 1 fully saturated rings. The molecular formula is C29H28N+. The Balaban J connectivity index is 1.75. The molecule has 0 saturated heterocycles. The molecule has 1 aliphatic rings. The first-order valence-electron chi connectivity index (χ1n) is 10.9. The summed E-state index contributed by atoms with van der Waals surface area (Å²) in [5, 5.41) is 0. The molecule has 0 atom stereocenters. The summed E-state index contributed by atoms with van der Waals surface area (Å²) in [6.45, 7) is 1.88. The molecule has 0 heterocycles. The van der Waals surface area contributed by atoms with Crippen LogP contribution < -0.4 is 0 Å². The van der Waals surface area contributed by atoms with Crippen LogP contribution >= 0.6 is 0 Å². The zero-order valence-corrected chi connectivity index (χ0v) is 17.9. The summed E-state index contributed by atoms with van der Waals surface area (Å²) in [5.74, 6) is 6.81. The van der Waals surface area contributed by atoms with Gasteiger partial charge in [-0.05, 0) is 83.8 Å². The second-order valence-corrected chi connectivity index (χ2v) is 8.05. The highest BCUT2D eigenvalue weighted by Crippen LogP contribution is 2.36. The summed E-state index contributed by atoms with van der Waals surface area (Å²) in [7, 11) is 1.79. The van der Waals surface area contributed by atoms with Crippen molar-refractivity contribution in [1.82, 2.24) is 0 Å². The third-order valence-corrected chi connectivity index (χ3v) is 5.93. The van der Waals surface area contributed by atoms with Crippen LogP contribution in [-0.4, -0.2) is 7.05 Å². The zero-order chi connectivity index (χ0) is 20.8. The first-order valence-corrected chi connectivity index (χ1v) is 10.9. The van der Waals surface area contributed by atoms with Crippen LogP contribution in [0.1, 0.15) is 61.6 Å². The molecule has 1 saturated carbocycles. The average Bonchev–Trinajstić information content (AvgIpc) is 2.80. The van der Waals surface area contributed by atoms with E-state index in [0.717, 1.165) is 11.1 Å². The number of nitrogens with zero attached hydrogens (tertiary/aromatic N) is 1. The second kappa shape index (κ2) is 9.47. The van der Waals surface area contributed by atoms with Crippen molar-refractivity contribution >= 4 is 0 Å². The average molecular weight is 391 g/mol. The Morgan fingerprint density at radius 3 is 2.13 bits per heavy atom. The van der Waals surface area contributed by atoms with E-state index in [1.807, 2.05) is 6.92 Å². The molecule has 0 radical (unpaired) electrons. The Labute approximate surface area is 180 Å². The van der Waals surface area contributed by atoms with E-state index in [0.29, 0.717) is 5.92 Å². The van der Waals surface area contributed by atoms with Crippen molar-refractivity contribution in [3.8, 4) is 40.2 Å².